The fourth-order valence-electron chi connectivity index (χ4n) is 7.58. The summed E-state index contributed by atoms with van der Waals surface area (Å²) in [6, 6.07) is 0.539. The second kappa shape index (κ2) is 12.2. The maximum absolute atomic E-state index is 13.4. The Hall–Kier alpha value is -0.450. The van der Waals surface area contributed by atoms with Crippen molar-refractivity contribution in [2.45, 2.75) is 108 Å². The number of fused-ring (bicyclic) bond motifs is 1. The summed E-state index contributed by atoms with van der Waals surface area (Å²) < 4.78 is 40.2. The first-order valence-corrected chi connectivity index (χ1v) is 14.4. The average Bonchev–Trinajstić information content (AvgIpc) is 2.83. The van der Waals surface area contributed by atoms with E-state index in [-0.39, 0.29) is 37.1 Å². The number of halogens is 3. The molecule has 4 fully saturated rings. The second-order valence-electron chi connectivity index (χ2n) is 12.6. The summed E-state index contributed by atoms with van der Waals surface area (Å²) in [5.41, 5.74) is 0. The average molecular weight is 518 g/mol. The molecule has 0 bridgehead atoms. The van der Waals surface area contributed by atoms with Crippen LogP contribution in [0, 0.1) is 29.6 Å². The molecule has 2 saturated heterocycles. The molecule has 0 aromatic carbocycles. The normalized spacial score (nSPS) is 39.1. The van der Waals surface area contributed by atoms with E-state index >= 15 is 0 Å². The number of hydrogen-bond donors (Lipinski definition) is 4. The Morgan fingerprint density at radius 3 is 2.39 bits per heavy atom. The number of β-amino-alcohol motifs (C(OH)–C–C–N with tert-alkyl or cyclic N) is 1. The number of alkyl halides is 3. The lowest BCUT2D eigenvalue weighted by Gasteiger charge is -2.51. The van der Waals surface area contributed by atoms with Gasteiger partial charge in [0.1, 0.15) is 6.23 Å². The van der Waals surface area contributed by atoms with Gasteiger partial charge in [-0.05, 0) is 110 Å². The van der Waals surface area contributed by atoms with Crippen molar-refractivity contribution in [1.29, 1.82) is 0 Å². The number of hydrogen-bond acceptors (Lipinski definition) is 6. The molecule has 0 radical (unpaired) electrons. The summed E-state index contributed by atoms with van der Waals surface area (Å²) in [5.74, 6) is 0.821. The predicted octanol–water partition coefficient (Wildman–Crippen LogP) is 3.58. The molecule has 4 N–H and O–H groups in total. The van der Waals surface area contributed by atoms with Crippen molar-refractivity contribution in [2.24, 2.45) is 29.6 Å². The lowest BCUT2D eigenvalue weighted by molar-refractivity contribution is -0.186. The molecule has 210 valence electrons. The predicted molar refractivity (Wildman–Crippen MR) is 137 cm³/mol. The van der Waals surface area contributed by atoms with E-state index in [1.807, 2.05) is 19.0 Å². The highest BCUT2D eigenvalue weighted by Gasteiger charge is 2.45. The minimum atomic E-state index is -4.07. The van der Waals surface area contributed by atoms with Gasteiger partial charge in [0.25, 0.3) is 0 Å². The Bertz CT molecular complexity index is 687. The van der Waals surface area contributed by atoms with Gasteiger partial charge in [-0.3, -0.25) is 25.8 Å². The fraction of sp³-hybridized carbons (Fsp3) is 1.00. The summed E-state index contributed by atoms with van der Waals surface area (Å²) >= 11 is 0. The highest BCUT2D eigenvalue weighted by Crippen LogP contribution is 2.43. The quantitative estimate of drug-likeness (QED) is 0.388. The zero-order valence-electron chi connectivity index (χ0n) is 22.7. The molecule has 4 rings (SSSR count). The van der Waals surface area contributed by atoms with Crippen LogP contribution in [0.3, 0.4) is 0 Å². The molecule has 0 aromatic rings. The van der Waals surface area contributed by atoms with E-state index in [0.717, 1.165) is 25.4 Å². The zero-order chi connectivity index (χ0) is 26.0. The van der Waals surface area contributed by atoms with Crippen molar-refractivity contribution in [3.05, 3.63) is 0 Å². The third-order valence-corrected chi connectivity index (χ3v) is 9.91. The maximum Gasteiger partial charge on any atom is 0.391 e. The second-order valence-corrected chi connectivity index (χ2v) is 12.6. The smallest absolute Gasteiger partial charge is 0.377 e. The van der Waals surface area contributed by atoms with Gasteiger partial charge in [-0.1, -0.05) is 6.42 Å². The van der Waals surface area contributed by atoms with E-state index in [4.69, 9.17) is 0 Å². The SMILES string of the molecule is CC1NC2CCC(C3CCN(CC(O)N(C)C)CC3)CC2C(NC(C)C2CCCC(C(F)(F)F)C2)N1. The molecule has 6 nitrogen and oxygen atoms in total. The van der Waals surface area contributed by atoms with Gasteiger partial charge < -0.3 is 5.11 Å². The van der Waals surface area contributed by atoms with Crippen LogP contribution in [0.2, 0.25) is 0 Å². The molecule has 2 saturated carbocycles. The van der Waals surface area contributed by atoms with Gasteiger partial charge in [0.05, 0.1) is 18.2 Å². The van der Waals surface area contributed by atoms with Crippen molar-refractivity contribution < 1.29 is 18.3 Å². The van der Waals surface area contributed by atoms with E-state index in [1.165, 1.54) is 32.1 Å². The summed E-state index contributed by atoms with van der Waals surface area (Å²) in [5, 5.41) is 21.4. The molecule has 2 aliphatic carbocycles. The van der Waals surface area contributed by atoms with Crippen LogP contribution in [-0.4, -0.2) is 85.5 Å². The maximum atomic E-state index is 13.4. The third-order valence-electron chi connectivity index (χ3n) is 9.91. The van der Waals surface area contributed by atoms with Crippen LogP contribution in [0.5, 0.6) is 0 Å². The third kappa shape index (κ3) is 7.14. The van der Waals surface area contributed by atoms with Gasteiger partial charge >= 0.3 is 6.18 Å². The molecule has 9 atom stereocenters. The monoisotopic (exact) mass is 517 g/mol. The van der Waals surface area contributed by atoms with Gasteiger partial charge in [-0.25, -0.2) is 0 Å². The van der Waals surface area contributed by atoms with Crippen LogP contribution in [0.15, 0.2) is 0 Å². The lowest BCUT2D eigenvalue weighted by atomic mass is 9.68. The van der Waals surface area contributed by atoms with E-state index in [2.05, 4.69) is 34.7 Å². The molecule has 0 aromatic heterocycles. The number of piperidine rings is 1. The van der Waals surface area contributed by atoms with Crippen molar-refractivity contribution in [1.82, 2.24) is 25.8 Å². The molecular weight excluding hydrogens is 467 g/mol. The Morgan fingerprint density at radius 1 is 1.00 bits per heavy atom. The molecule has 9 unspecified atom stereocenters. The van der Waals surface area contributed by atoms with Crippen LogP contribution < -0.4 is 16.0 Å². The Morgan fingerprint density at radius 2 is 1.72 bits per heavy atom. The highest BCUT2D eigenvalue weighted by atomic mass is 19.4. The molecule has 0 spiro atoms. The topological polar surface area (TPSA) is 62.8 Å². The Kier molecular flexibility index (Phi) is 9.65. The summed E-state index contributed by atoms with van der Waals surface area (Å²) in [4.78, 5) is 4.25. The van der Waals surface area contributed by atoms with Gasteiger partial charge in [0.15, 0.2) is 0 Å². The number of likely N-dealkylation sites (tertiary alicyclic amines) is 1. The number of nitrogens with zero attached hydrogens (tertiary/aromatic N) is 2. The molecule has 4 aliphatic rings. The summed E-state index contributed by atoms with van der Waals surface area (Å²) in [7, 11) is 3.83. The number of nitrogens with one attached hydrogen (secondary N) is 3. The number of rotatable bonds is 7. The van der Waals surface area contributed by atoms with Gasteiger partial charge in [0.2, 0.25) is 0 Å². The first-order valence-electron chi connectivity index (χ1n) is 14.4. The van der Waals surface area contributed by atoms with Crippen LogP contribution >= 0.6 is 0 Å². The van der Waals surface area contributed by atoms with Gasteiger partial charge in [-0.15, -0.1) is 0 Å². The molecule has 9 heteroatoms. The standard InChI is InChI=1S/C27H50F3N5O/c1-17(20-6-5-7-22(14-20)27(28,29)30)31-26-23-15-21(8-9-24(23)32-18(2)33-26)19-10-12-35(13-11-19)16-25(36)34(3)4/h17-26,31-33,36H,5-16H2,1-4H3. The minimum Gasteiger partial charge on any atom is -0.377 e. The minimum absolute atomic E-state index is 0.0744. The number of aliphatic hydroxyl groups is 1. The summed E-state index contributed by atoms with van der Waals surface area (Å²) in [6.07, 6.45) is 3.95. The van der Waals surface area contributed by atoms with Crippen molar-refractivity contribution in [3.8, 4) is 0 Å². The first-order chi connectivity index (χ1) is 17.0. The molecular formula is C27H50F3N5O. The molecule has 2 aliphatic heterocycles. The first kappa shape index (κ1) is 28.6. The van der Waals surface area contributed by atoms with E-state index in [1.54, 1.807) is 0 Å². The lowest BCUT2D eigenvalue weighted by Crippen LogP contribution is -2.69. The summed E-state index contributed by atoms with van der Waals surface area (Å²) in [6.45, 7) is 7.06. The molecule has 0 amide bonds. The highest BCUT2D eigenvalue weighted by molar-refractivity contribution is 4.98. The largest absolute Gasteiger partial charge is 0.391 e. The van der Waals surface area contributed by atoms with Gasteiger partial charge in [-0.2, -0.15) is 13.2 Å². The van der Waals surface area contributed by atoms with Crippen LogP contribution in [-0.2, 0) is 0 Å². The number of aliphatic hydroxyl groups excluding tert-OH is 1. The molecule has 36 heavy (non-hydrogen) atoms. The van der Waals surface area contributed by atoms with Gasteiger partial charge in [0, 0.05) is 24.5 Å². The van der Waals surface area contributed by atoms with Crippen LogP contribution in [0.1, 0.15) is 71.6 Å². The van der Waals surface area contributed by atoms with Crippen LogP contribution in [0.4, 0.5) is 13.2 Å². The van der Waals surface area contributed by atoms with E-state index in [9.17, 15) is 18.3 Å². The van der Waals surface area contributed by atoms with Crippen molar-refractivity contribution in [3.63, 3.8) is 0 Å². The van der Waals surface area contributed by atoms with Crippen molar-refractivity contribution in [2.75, 3.05) is 33.7 Å². The number of likely N-dealkylation sites (N-methyl/N-ethyl adjacent to an activating group) is 1. The van der Waals surface area contributed by atoms with E-state index < -0.39 is 18.3 Å². The zero-order valence-corrected chi connectivity index (χ0v) is 22.7. The Labute approximate surface area is 216 Å². The van der Waals surface area contributed by atoms with Crippen molar-refractivity contribution >= 4 is 0 Å². The van der Waals surface area contributed by atoms with Crippen LogP contribution in [0.25, 0.3) is 0 Å². The Balaban J connectivity index is 1.32. The molecule has 2 heterocycles. The fourth-order valence-corrected chi connectivity index (χ4v) is 7.58. The van der Waals surface area contributed by atoms with E-state index in [0.29, 0.717) is 30.8 Å².